The topological polar surface area (TPSA) is 34.9 Å². The third kappa shape index (κ3) is 2.28. The maximum absolute atomic E-state index is 13.0. The zero-order valence-electron chi connectivity index (χ0n) is 8.23. The number of rotatable bonds is 2. The van der Waals surface area contributed by atoms with Crippen LogP contribution in [0.1, 0.15) is 5.56 Å². The van der Waals surface area contributed by atoms with Crippen LogP contribution in [0.3, 0.4) is 0 Å². The second-order valence-electron chi connectivity index (χ2n) is 3.28. The average Bonchev–Trinajstić information content (AvgIpc) is 2.27. The van der Waals surface area contributed by atoms with E-state index < -0.39 is 11.4 Å². The van der Waals surface area contributed by atoms with Crippen molar-refractivity contribution >= 4 is 11.6 Å². The molecule has 2 rings (SSSR count). The predicted molar refractivity (Wildman–Crippen MR) is 59.0 cm³/mol. The van der Waals surface area contributed by atoms with Crippen LogP contribution in [0.2, 0.25) is 5.28 Å². The van der Waals surface area contributed by atoms with Crippen LogP contribution < -0.4 is 5.56 Å². The van der Waals surface area contributed by atoms with Gasteiger partial charge >= 0.3 is 5.56 Å². The molecule has 1 aromatic heterocycles. The number of nitrogens with zero attached hydrogens (tertiary/aromatic N) is 2. The molecule has 0 atom stereocenters. The molecule has 1 heterocycles. The summed E-state index contributed by atoms with van der Waals surface area (Å²) in [7, 11) is 0. The Morgan fingerprint density at radius 2 is 2.00 bits per heavy atom. The molecule has 0 spiro atoms. The summed E-state index contributed by atoms with van der Waals surface area (Å²) in [6, 6.07) is 9.39. The van der Waals surface area contributed by atoms with Crippen LogP contribution in [-0.2, 0) is 6.54 Å². The van der Waals surface area contributed by atoms with Gasteiger partial charge in [-0.2, -0.15) is 9.37 Å². The Balaban J connectivity index is 2.36. The molecule has 0 unspecified atom stereocenters. The second-order valence-corrected chi connectivity index (χ2v) is 3.61. The predicted octanol–water partition coefficient (Wildman–Crippen LogP) is 2.08. The fraction of sp³-hybridized carbons (Fsp3) is 0.0909. The van der Waals surface area contributed by atoms with Crippen molar-refractivity contribution in [2.24, 2.45) is 0 Å². The molecule has 0 aliphatic carbocycles. The summed E-state index contributed by atoms with van der Waals surface area (Å²) in [6.07, 6.45) is 1.06. The standard InChI is InChI=1S/C11H8ClFN2O/c12-11-14-10(16)9(13)7-15(11)6-8-4-2-1-3-5-8/h1-5,7H,6H2. The number of hydrogen-bond acceptors (Lipinski definition) is 2. The lowest BCUT2D eigenvalue weighted by molar-refractivity contribution is 0.576. The number of aromatic nitrogens is 2. The van der Waals surface area contributed by atoms with E-state index in [1.54, 1.807) is 0 Å². The first-order valence-electron chi connectivity index (χ1n) is 4.63. The van der Waals surface area contributed by atoms with Crippen molar-refractivity contribution in [2.45, 2.75) is 6.54 Å². The molecule has 0 fully saturated rings. The van der Waals surface area contributed by atoms with Crippen LogP contribution >= 0.6 is 11.6 Å². The van der Waals surface area contributed by atoms with Crippen LogP contribution in [0, 0.1) is 5.82 Å². The van der Waals surface area contributed by atoms with Crippen LogP contribution in [0.25, 0.3) is 0 Å². The van der Waals surface area contributed by atoms with Crippen molar-refractivity contribution < 1.29 is 4.39 Å². The van der Waals surface area contributed by atoms with Gasteiger partial charge in [-0.3, -0.25) is 4.79 Å². The van der Waals surface area contributed by atoms with E-state index in [4.69, 9.17) is 11.6 Å². The van der Waals surface area contributed by atoms with Gasteiger partial charge in [0.1, 0.15) is 0 Å². The molecule has 0 saturated heterocycles. The SMILES string of the molecule is O=c1nc(Cl)n(Cc2ccccc2)cc1F. The molecule has 0 aliphatic heterocycles. The fourth-order valence-electron chi connectivity index (χ4n) is 1.34. The average molecular weight is 239 g/mol. The highest BCUT2D eigenvalue weighted by atomic mass is 35.5. The lowest BCUT2D eigenvalue weighted by Crippen LogP contribution is -2.16. The summed E-state index contributed by atoms with van der Waals surface area (Å²) >= 11 is 5.74. The molecule has 82 valence electrons. The number of benzene rings is 1. The summed E-state index contributed by atoms with van der Waals surface area (Å²) < 4.78 is 14.4. The lowest BCUT2D eigenvalue weighted by Gasteiger charge is -2.07. The van der Waals surface area contributed by atoms with Crippen molar-refractivity contribution in [3.63, 3.8) is 0 Å². The van der Waals surface area contributed by atoms with Crippen LogP contribution in [-0.4, -0.2) is 9.55 Å². The third-order valence-corrected chi connectivity index (χ3v) is 2.40. The van der Waals surface area contributed by atoms with Gasteiger partial charge in [-0.05, 0) is 17.2 Å². The van der Waals surface area contributed by atoms with Gasteiger partial charge in [0.2, 0.25) is 11.1 Å². The highest BCUT2D eigenvalue weighted by molar-refractivity contribution is 6.28. The van der Waals surface area contributed by atoms with E-state index in [-0.39, 0.29) is 5.28 Å². The number of halogens is 2. The zero-order valence-corrected chi connectivity index (χ0v) is 8.99. The maximum atomic E-state index is 13.0. The third-order valence-electron chi connectivity index (χ3n) is 2.10. The van der Waals surface area contributed by atoms with Crippen molar-refractivity contribution in [3.8, 4) is 0 Å². The van der Waals surface area contributed by atoms with E-state index in [2.05, 4.69) is 4.98 Å². The molecule has 16 heavy (non-hydrogen) atoms. The van der Waals surface area contributed by atoms with Crippen molar-refractivity contribution in [2.75, 3.05) is 0 Å². The summed E-state index contributed by atoms with van der Waals surface area (Å²) in [5.41, 5.74) is 0.0172. The molecule has 2 aromatic rings. The van der Waals surface area contributed by atoms with Gasteiger partial charge in [-0.15, -0.1) is 0 Å². The summed E-state index contributed by atoms with van der Waals surface area (Å²) in [4.78, 5) is 14.2. The Morgan fingerprint density at radius 3 is 2.69 bits per heavy atom. The molecular formula is C11H8ClFN2O. The van der Waals surface area contributed by atoms with Gasteiger partial charge in [0, 0.05) is 12.7 Å². The van der Waals surface area contributed by atoms with Crippen molar-refractivity contribution in [1.82, 2.24) is 9.55 Å². The van der Waals surface area contributed by atoms with Gasteiger partial charge in [0.05, 0.1) is 0 Å². The Labute approximate surface area is 96.1 Å². The minimum absolute atomic E-state index is 0.0183. The van der Waals surface area contributed by atoms with Crippen molar-refractivity contribution in [3.05, 3.63) is 63.5 Å². The molecule has 0 N–H and O–H groups in total. The second kappa shape index (κ2) is 4.45. The monoisotopic (exact) mass is 238 g/mol. The van der Waals surface area contributed by atoms with Gasteiger partial charge in [0.25, 0.3) is 0 Å². The molecule has 0 amide bonds. The smallest absolute Gasteiger partial charge is 0.309 e. The normalized spacial score (nSPS) is 10.4. The maximum Gasteiger partial charge on any atom is 0.309 e. The molecule has 0 saturated carbocycles. The zero-order chi connectivity index (χ0) is 11.5. The Morgan fingerprint density at radius 1 is 1.31 bits per heavy atom. The lowest BCUT2D eigenvalue weighted by atomic mass is 10.2. The Kier molecular flexibility index (Phi) is 3.01. The molecule has 0 aliphatic rings. The molecule has 1 aromatic carbocycles. The van der Waals surface area contributed by atoms with E-state index in [1.807, 2.05) is 30.3 Å². The van der Waals surface area contributed by atoms with Gasteiger partial charge in [0.15, 0.2) is 0 Å². The Bertz CT molecular complexity index is 554. The van der Waals surface area contributed by atoms with E-state index in [0.717, 1.165) is 11.8 Å². The van der Waals surface area contributed by atoms with Gasteiger partial charge in [-0.1, -0.05) is 30.3 Å². The first-order valence-corrected chi connectivity index (χ1v) is 5.01. The summed E-state index contributed by atoms with van der Waals surface area (Å²) in [5.74, 6) is -0.902. The largest absolute Gasteiger partial charge is 0.316 e. The van der Waals surface area contributed by atoms with Crippen LogP contribution in [0.15, 0.2) is 41.3 Å². The first kappa shape index (κ1) is 10.8. The molecular weight excluding hydrogens is 231 g/mol. The molecule has 0 radical (unpaired) electrons. The highest BCUT2D eigenvalue weighted by Gasteiger charge is 2.06. The van der Waals surface area contributed by atoms with E-state index in [9.17, 15) is 9.18 Å². The first-order chi connectivity index (χ1) is 7.66. The quantitative estimate of drug-likeness (QED) is 0.751. The van der Waals surface area contributed by atoms with Gasteiger partial charge in [-0.25, -0.2) is 0 Å². The van der Waals surface area contributed by atoms with E-state index in [0.29, 0.717) is 6.54 Å². The number of hydrogen-bond donors (Lipinski definition) is 0. The molecule has 0 bridgehead atoms. The van der Waals surface area contributed by atoms with Crippen LogP contribution in [0.4, 0.5) is 4.39 Å². The minimum Gasteiger partial charge on any atom is -0.316 e. The van der Waals surface area contributed by atoms with Crippen molar-refractivity contribution in [1.29, 1.82) is 0 Å². The minimum atomic E-state index is -0.936. The Hall–Kier alpha value is -1.68. The molecule has 3 nitrogen and oxygen atoms in total. The van der Waals surface area contributed by atoms with Crippen LogP contribution in [0.5, 0.6) is 0 Å². The van der Waals surface area contributed by atoms with Gasteiger partial charge < -0.3 is 4.57 Å². The van der Waals surface area contributed by atoms with E-state index >= 15 is 0 Å². The molecule has 5 heteroatoms. The fourth-order valence-corrected chi connectivity index (χ4v) is 1.52. The highest BCUT2D eigenvalue weighted by Crippen LogP contribution is 2.08. The summed E-state index contributed by atoms with van der Waals surface area (Å²) in [5, 5.41) is -0.0183. The summed E-state index contributed by atoms with van der Waals surface area (Å²) in [6.45, 7) is 0.379. The van der Waals surface area contributed by atoms with E-state index in [1.165, 1.54) is 4.57 Å².